The number of hydrogen-bond acceptors (Lipinski definition) is 4. The number of hydrogen-bond donors (Lipinski definition) is 2. The molecule has 0 saturated carbocycles. The molecule has 0 bridgehead atoms. The predicted octanol–water partition coefficient (Wildman–Crippen LogP) is 3.50. The number of aromatic nitrogens is 2. The maximum absolute atomic E-state index is 12.3. The van der Waals surface area contributed by atoms with Crippen molar-refractivity contribution in [1.82, 2.24) is 20.2 Å². The smallest absolute Gasteiger partial charge is 0.317 e. The summed E-state index contributed by atoms with van der Waals surface area (Å²) in [4.78, 5) is 21.7. The first-order valence-corrected chi connectivity index (χ1v) is 9.41. The van der Waals surface area contributed by atoms with Gasteiger partial charge in [-0.2, -0.15) is 0 Å². The molecule has 0 spiro atoms. The van der Waals surface area contributed by atoms with E-state index in [1.165, 1.54) is 0 Å². The van der Waals surface area contributed by atoms with Gasteiger partial charge in [-0.15, -0.1) is 11.3 Å². The van der Waals surface area contributed by atoms with Crippen LogP contribution in [0.5, 0.6) is 0 Å². The van der Waals surface area contributed by atoms with Crippen LogP contribution in [0.4, 0.5) is 4.79 Å². The molecule has 1 fully saturated rings. The van der Waals surface area contributed by atoms with Gasteiger partial charge in [-0.3, -0.25) is 0 Å². The fraction of sp³-hybridized carbons (Fsp3) is 0.467. The molecule has 2 amide bonds. The number of nitrogens with zero attached hydrogens (tertiary/aromatic N) is 2. The minimum absolute atomic E-state index is 0.0522. The number of carbonyl (C=O) groups is 1. The lowest BCUT2D eigenvalue weighted by atomic mass is 10.1. The molecule has 0 aromatic carbocycles. The van der Waals surface area contributed by atoms with E-state index in [1.807, 2.05) is 28.7 Å². The normalized spacial score (nSPS) is 17.8. The zero-order valence-corrected chi connectivity index (χ0v) is 14.0. The first-order valence-electron chi connectivity index (χ1n) is 7.54. The number of likely N-dealkylation sites (tertiary alicyclic amines) is 1. The second-order valence-corrected chi connectivity index (χ2v) is 7.45. The van der Waals surface area contributed by atoms with Crippen molar-refractivity contribution in [1.29, 1.82) is 0 Å². The Bertz CT molecular complexity index is 570. The molecule has 2 N–H and O–H groups in total. The number of nitrogens with one attached hydrogen (secondary N) is 2. The van der Waals surface area contributed by atoms with Crippen molar-refractivity contribution >= 4 is 29.1 Å². The first-order chi connectivity index (χ1) is 10.8. The summed E-state index contributed by atoms with van der Waals surface area (Å²) in [6.45, 7) is 1.55. The van der Waals surface area contributed by atoms with E-state index < -0.39 is 0 Å². The Morgan fingerprint density at radius 2 is 2.55 bits per heavy atom. The Kier molecular flexibility index (Phi) is 5.39. The molecule has 3 rings (SSSR count). The average molecular weight is 336 g/mol. The number of urea groups is 1. The first kappa shape index (κ1) is 15.4. The monoisotopic (exact) mass is 336 g/mol. The van der Waals surface area contributed by atoms with Gasteiger partial charge in [-0.05, 0) is 31.4 Å². The number of amides is 2. The summed E-state index contributed by atoms with van der Waals surface area (Å²) in [6, 6.07) is 4.29. The van der Waals surface area contributed by atoms with Gasteiger partial charge < -0.3 is 15.2 Å². The molecular weight excluding hydrogens is 316 g/mol. The van der Waals surface area contributed by atoms with E-state index in [-0.39, 0.29) is 12.1 Å². The van der Waals surface area contributed by atoms with E-state index in [9.17, 15) is 4.79 Å². The Morgan fingerprint density at radius 1 is 1.59 bits per heavy atom. The summed E-state index contributed by atoms with van der Waals surface area (Å²) in [5.74, 6) is 0.980. The number of thiazole rings is 1. The van der Waals surface area contributed by atoms with Gasteiger partial charge >= 0.3 is 6.03 Å². The van der Waals surface area contributed by atoms with Gasteiger partial charge in [0.25, 0.3) is 0 Å². The van der Waals surface area contributed by atoms with Crippen LogP contribution < -0.4 is 5.32 Å². The lowest BCUT2D eigenvalue weighted by Crippen LogP contribution is -2.40. The Morgan fingerprint density at radius 3 is 3.32 bits per heavy atom. The number of rotatable bonds is 6. The number of H-pyrrole nitrogens is 1. The van der Waals surface area contributed by atoms with Gasteiger partial charge in [0.15, 0.2) is 0 Å². The summed E-state index contributed by atoms with van der Waals surface area (Å²) in [5, 5.41) is 5.02. The second-order valence-electron chi connectivity index (χ2n) is 5.21. The maximum Gasteiger partial charge on any atom is 0.317 e. The number of carbonyl (C=O) groups excluding carboxylic acids is 1. The van der Waals surface area contributed by atoms with E-state index in [4.69, 9.17) is 0 Å². The van der Waals surface area contributed by atoms with Crippen molar-refractivity contribution in [2.75, 3.05) is 18.8 Å². The largest absolute Gasteiger partial charge is 0.363 e. The van der Waals surface area contributed by atoms with Crippen molar-refractivity contribution in [3.63, 3.8) is 0 Å². The quantitative estimate of drug-likeness (QED) is 0.627. The van der Waals surface area contributed by atoms with Crippen molar-refractivity contribution in [3.8, 4) is 0 Å². The Hall–Kier alpha value is -1.47. The highest BCUT2D eigenvalue weighted by Crippen LogP contribution is 2.30. The summed E-state index contributed by atoms with van der Waals surface area (Å²) < 4.78 is 1.10. The molecule has 1 atom stereocenters. The SMILES string of the molecule is O=C(NCCCSc1nccs1)N1CCC[C@H]1c1ccc[nH]1. The minimum Gasteiger partial charge on any atom is -0.363 e. The molecule has 3 heterocycles. The van der Waals surface area contributed by atoms with Crippen LogP contribution in [0, 0.1) is 0 Å². The van der Waals surface area contributed by atoms with E-state index in [2.05, 4.69) is 21.4 Å². The van der Waals surface area contributed by atoms with Gasteiger partial charge in [0, 0.05) is 42.3 Å². The fourth-order valence-electron chi connectivity index (χ4n) is 2.69. The molecule has 1 aliphatic rings. The van der Waals surface area contributed by atoms with Crippen LogP contribution in [-0.4, -0.2) is 39.7 Å². The highest BCUT2D eigenvalue weighted by Gasteiger charge is 2.30. The van der Waals surface area contributed by atoms with Gasteiger partial charge in [-0.1, -0.05) is 11.8 Å². The number of aromatic amines is 1. The van der Waals surface area contributed by atoms with Crippen molar-refractivity contribution in [3.05, 3.63) is 35.6 Å². The van der Waals surface area contributed by atoms with Crippen molar-refractivity contribution in [2.24, 2.45) is 0 Å². The zero-order chi connectivity index (χ0) is 15.2. The summed E-state index contributed by atoms with van der Waals surface area (Å²) in [5.41, 5.74) is 1.13. The molecule has 2 aromatic heterocycles. The summed E-state index contributed by atoms with van der Waals surface area (Å²) in [7, 11) is 0. The van der Waals surface area contributed by atoms with Crippen LogP contribution in [0.1, 0.15) is 31.0 Å². The third-order valence-electron chi connectivity index (χ3n) is 3.73. The molecule has 0 radical (unpaired) electrons. The standard InChI is InChI=1S/C15H20N4OS2/c20-14(17-7-3-10-21-15-18-8-11-22-15)19-9-2-5-13(19)12-4-1-6-16-12/h1,4,6,8,11,13,16H,2-3,5,7,9-10H2,(H,17,20)/t13-/m0/s1. The van der Waals surface area contributed by atoms with Gasteiger partial charge in [0.1, 0.15) is 4.34 Å². The molecule has 22 heavy (non-hydrogen) atoms. The maximum atomic E-state index is 12.3. The van der Waals surface area contributed by atoms with Crippen LogP contribution in [0.25, 0.3) is 0 Å². The fourth-order valence-corrected chi connectivity index (χ4v) is 4.34. The third kappa shape index (κ3) is 3.84. The Balaban J connectivity index is 1.40. The highest BCUT2D eigenvalue weighted by molar-refractivity contribution is 8.00. The van der Waals surface area contributed by atoms with E-state index in [0.717, 1.165) is 41.6 Å². The van der Waals surface area contributed by atoms with Crippen molar-refractivity contribution in [2.45, 2.75) is 29.6 Å². The van der Waals surface area contributed by atoms with Crippen LogP contribution >= 0.6 is 23.1 Å². The van der Waals surface area contributed by atoms with Crippen LogP contribution in [0.15, 0.2) is 34.2 Å². The van der Waals surface area contributed by atoms with Crippen LogP contribution in [-0.2, 0) is 0 Å². The second kappa shape index (κ2) is 7.69. The summed E-state index contributed by atoms with van der Waals surface area (Å²) in [6.07, 6.45) is 6.80. The number of thioether (sulfide) groups is 1. The highest BCUT2D eigenvalue weighted by atomic mass is 32.2. The molecule has 5 nitrogen and oxygen atoms in total. The van der Waals surface area contributed by atoms with Gasteiger partial charge in [-0.25, -0.2) is 9.78 Å². The molecule has 1 aliphatic heterocycles. The third-order valence-corrected chi connectivity index (χ3v) is 5.78. The van der Waals surface area contributed by atoms with E-state index in [0.29, 0.717) is 6.54 Å². The zero-order valence-electron chi connectivity index (χ0n) is 12.3. The average Bonchev–Trinajstić information content (AvgIpc) is 3.26. The minimum atomic E-state index is 0.0522. The molecule has 0 unspecified atom stereocenters. The van der Waals surface area contributed by atoms with E-state index >= 15 is 0 Å². The van der Waals surface area contributed by atoms with E-state index in [1.54, 1.807) is 23.1 Å². The van der Waals surface area contributed by atoms with Gasteiger partial charge in [0.05, 0.1) is 6.04 Å². The summed E-state index contributed by atoms with van der Waals surface area (Å²) >= 11 is 3.41. The van der Waals surface area contributed by atoms with Crippen LogP contribution in [0.3, 0.4) is 0 Å². The topological polar surface area (TPSA) is 61.0 Å². The molecular formula is C15H20N4OS2. The van der Waals surface area contributed by atoms with Crippen LogP contribution in [0.2, 0.25) is 0 Å². The molecule has 7 heteroatoms. The lowest BCUT2D eigenvalue weighted by molar-refractivity contribution is 0.192. The Labute approximate surface area is 138 Å². The predicted molar refractivity (Wildman–Crippen MR) is 90.3 cm³/mol. The molecule has 0 aliphatic carbocycles. The molecule has 118 valence electrons. The molecule has 1 saturated heterocycles. The van der Waals surface area contributed by atoms with Gasteiger partial charge in [0.2, 0.25) is 0 Å². The molecule has 2 aromatic rings. The van der Waals surface area contributed by atoms with Crippen molar-refractivity contribution < 1.29 is 4.79 Å². The lowest BCUT2D eigenvalue weighted by Gasteiger charge is -2.24.